The fourth-order valence-electron chi connectivity index (χ4n) is 2.03. The summed E-state index contributed by atoms with van der Waals surface area (Å²) in [6, 6.07) is 12.4. The molecule has 2 aromatic rings. The van der Waals surface area contributed by atoms with E-state index in [-0.39, 0.29) is 0 Å². The van der Waals surface area contributed by atoms with Crippen LogP contribution in [0.15, 0.2) is 48.5 Å². The maximum absolute atomic E-state index is 12.5. The van der Waals surface area contributed by atoms with E-state index in [0.29, 0.717) is 17.3 Å². The highest BCUT2D eigenvalue weighted by molar-refractivity contribution is 7.80. The molecule has 0 aromatic heterocycles. The predicted molar refractivity (Wildman–Crippen MR) is 92.4 cm³/mol. The number of ether oxygens (including phenoxy) is 1. The Bertz CT molecular complexity index is 670. The number of methoxy groups -OCH3 is 1. The van der Waals surface area contributed by atoms with Gasteiger partial charge in [-0.2, -0.15) is 13.2 Å². The molecule has 0 aliphatic heterocycles. The van der Waals surface area contributed by atoms with Gasteiger partial charge in [-0.1, -0.05) is 12.1 Å². The molecular formula is C17H17F3N2OS. The van der Waals surface area contributed by atoms with E-state index in [1.165, 1.54) is 12.1 Å². The first-order chi connectivity index (χ1) is 11.4. The first-order valence-corrected chi connectivity index (χ1v) is 7.64. The molecule has 128 valence electrons. The van der Waals surface area contributed by atoms with Gasteiger partial charge in [-0.3, -0.25) is 0 Å². The molecule has 0 aliphatic carbocycles. The summed E-state index contributed by atoms with van der Waals surface area (Å²) < 4.78 is 42.6. The Morgan fingerprint density at radius 3 is 2.21 bits per heavy atom. The lowest BCUT2D eigenvalue weighted by atomic mass is 10.1. The Morgan fingerprint density at radius 2 is 1.67 bits per heavy atom. The van der Waals surface area contributed by atoms with Gasteiger partial charge in [0.15, 0.2) is 5.11 Å². The zero-order valence-corrected chi connectivity index (χ0v) is 13.8. The quantitative estimate of drug-likeness (QED) is 0.787. The van der Waals surface area contributed by atoms with E-state index in [9.17, 15) is 13.2 Å². The maximum atomic E-state index is 12.5. The van der Waals surface area contributed by atoms with E-state index < -0.39 is 11.7 Å². The third-order valence-corrected chi connectivity index (χ3v) is 3.57. The molecule has 0 unspecified atom stereocenters. The van der Waals surface area contributed by atoms with E-state index in [0.717, 1.165) is 29.9 Å². The minimum Gasteiger partial charge on any atom is -0.497 e. The van der Waals surface area contributed by atoms with Gasteiger partial charge >= 0.3 is 6.18 Å². The summed E-state index contributed by atoms with van der Waals surface area (Å²) in [6.45, 7) is 0.610. The Kier molecular flexibility index (Phi) is 6.03. The number of anilines is 1. The van der Waals surface area contributed by atoms with Gasteiger partial charge < -0.3 is 15.4 Å². The summed E-state index contributed by atoms with van der Waals surface area (Å²) in [5.74, 6) is 0.797. The van der Waals surface area contributed by atoms with Gasteiger partial charge in [0, 0.05) is 12.2 Å². The third kappa shape index (κ3) is 5.42. The second-order valence-corrected chi connectivity index (χ2v) is 5.46. The van der Waals surface area contributed by atoms with Crippen LogP contribution in [0.2, 0.25) is 0 Å². The molecule has 0 spiro atoms. The van der Waals surface area contributed by atoms with Crippen LogP contribution < -0.4 is 15.4 Å². The highest BCUT2D eigenvalue weighted by atomic mass is 32.1. The molecule has 0 amide bonds. The SMILES string of the molecule is COc1ccc(CCNC(=S)Nc2ccc(C(F)(F)F)cc2)cc1. The predicted octanol–water partition coefficient (Wildman–Crippen LogP) is 4.24. The van der Waals surface area contributed by atoms with Crippen LogP contribution in [0.5, 0.6) is 5.75 Å². The molecule has 0 saturated carbocycles. The lowest BCUT2D eigenvalue weighted by molar-refractivity contribution is -0.137. The Hall–Kier alpha value is -2.28. The number of nitrogens with one attached hydrogen (secondary N) is 2. The van der Waals surface area contributed by atoms with Crippen LogP contribution in [0.25, 0.3) is 0 Å². The lowest BCUT2D eigenvalue weighted by Crippen LogP contribution is -2.30. The molecule has 0 fully saturated rings. The zero-order chi connectivity index (χ0) is 17.6. The Balaban J connectivity index is 1.78. The van der Waals surface area contributed by atoms with Gasteiger partial charge in [-0.05, 0) is 60.6 Å². The molecule has 2 N–H and O–H groups in total. The molecular weight excluding hydrogens is 337 g/mol. The second kappa shape index (κ2) is 8.01. The number of rotatable bonds is 5. The molecule has 3 nitrogen and oxygen atoms in total. The molecule has 0 atom stereocenters. The molecule has 0 aliphatic rings. The normalized spacial score (nSPS) is 11.0. The molecule has 0 heterocycles. The van der Waals surface area contributed by atoms with Crippen molar-refractivity contribution in [2.45, 2.75) is 12.6 Å². The van der Waals surface area contributed by atoms with Crippen molar-refractivity contribution in [3.63, 3.8) is 0 Å². The Morgan fingerprint density at radius 1 is 1.04 bits per heavy atom. The van der Waals surface area contributed by atoms with Gasteiger partial charge in [0.25, 0.3) is 0 Å². The van der Waals surface area contributed by atoms with Crippen LogP contribution in [0.3, 0.4) is 0 Å². The van der Waals surface area contributed by atoms with Crippen molar-refractivity contribution in [1.29, 1.82) is 0 Å². The third-order valence-electron chi connectivity index (χ3n) is 3.33. The van der Waals surface area contributed by atoms with Crippen molar-refractivity contribution in [3.05, 3.63) is 59.7 Å². The number of hydrogen-bond donors (Lipinski definition) is 2. The molecule has 2 aromatic carbocycles. The summed E-state index contributed by atoms with van der Waals surface area (Å²) in [7, 11) is 1.61. The molecule has 7 heteroatoms. The minimum absolute atomic E-state index is 0.364. The summed E-state index contributed by atoms with van der Waals surface area (Å²) in [5.41, 5.74) is 0.942. The van der Waals surface area contributed by atoms with Gasteiger partial charge in [0.05, 0.1) is 12.7 Å². The average Bonchev–Trinajstić information content (AvgIpc) is 2.55. The van der Waals surface area contributed by atoms with E-state index in [1.807, 2.05) is 24.3 Å². The van der Waals surface area contributed by atoms with Crippen molar-refractivity contribution in [3.8, 4) is 5.75 Å². The number of thiocarbonyl (C=S) groups is 1. The lowest BCUT2D eigenvalue weighted by Gasteiger charge is -2.12. The number of alkyl halides is 3. The van der Waals surface area contributed by atoms with Crippen molar-refractivity contribution < 1.29 is 17.9 Å². The highest BCUT2D eigenvalue weighted by Gasteiger charge is 2.29. The average molecular weight is 354 g/mol. The number of halogens is 3. The largest absolute Gasteiger partial charge is 0.497 e. The monoisotopic (exact) mass is 354 g/mol. The van der Waals surface area contributed by atoms with Crippen molar-refractivity contribution >= 4 is 23.0 Å². The van der Waals surface area contributed by atoms with Gasteiger partial charge in [-0.15, -0.1) is 0 Å². The molecule has 24 heavy (non-hydrogen) atoms. The maximum Gasteiger partial charge on any atom is 0.416 e. The van der Waals surface area contributed by atoms with Gasteiger partial charge in [-0.25, -0.2) is 0 Å². The molecule has 0 saturated heterocycles. The molecule has 2 rings (SSSR count). The standard InChI is InChI=1S/C17H17F3N2OS/c1-23-15-8-2-12(3-9-15)10-11-21-16(24)22-14-6-4-13(5-7-14)17(18,19)20/h2-9H,10-11H2,1H3,(H2,21,22,24). The van der Waals surface area contributed by atoms with Gasteiger partial charge in [0.1, 0.15) is 5.75 Å². The summed E-state index contributed by atoms with van der Waals surface area (Å²) >= 11 is 5.13. The summed E-state index contributed by atoms with van der Waals surface area (Å²) in [6.07, 6.45) is -3.57. The summed E-state index contributed by atoms with van der Waals surface area (Å²) in [5, 5.41) is 6.24. The molecule has 0 bridgehead atoms. The first kappa shape index (κ1) is 18.1. The minimum atomic E-state index is -4.34. The number of hydrogen-bond acceptors (Lipinski definition) is 2. The fraction of sp³-hybridized carbons (Fsp3) is 0.235. The summed E-state index contributed by atoms with van der Waals surface area (Å²) in [4.78, 5) is 0. The topological polar surface area (TPSA) is 33.3 Å². The van der Waals surface area contributed by atoms with Crippen LogP contribution in [0, 0.1) is 0 Å². The van der Waals surface area contributed by atoms with Crippen LogP contribution in [0.1, 0.15) is 11.1 Å². The van der Waals surface area contributed by atoms with E-state index in [2.05, 4.69) is 10.6 Å². The second-order valence-electron chi connectivity index (χ2n) is 5.05. The van der Waals surface area contributed by atoms with Crippen LogP contribution in [0.4, 0.5) is 18.9 Å². The van der Waals surface area contributed by atoms with Crippen molar-refractivity contribution in [1.82, 2.24) is 5.32 Å². The van der Waals surface area contributed by atoms with Gasteiger partial charge in [0.2, 0.25) is 0 Å². The first-order valence-electron chi connectivity index (χ1n) is 7.23. The van der Waals surface area contributed by atoms with E-state index in [1.54, 1.807) is 7.11 Å². The van der Waals surface area contributed by atoms with Crippen molar-refractivity contribution in [2.24, 2.45) is 0 Å². The van der Waals surface area contributed by atoms with E-state index in [4.69, 9.17) is 17.0 Å². The van der Waals surface area contributed by atoms with E-state index >= 15 is 0 Å². The Labute approximate surface area is 143 Å². The fourth-order valence-corrected chi connectivity index (χ4v) is 2.25. The smallest absolute Gasteiger partial charge is 0.416 e. The zero-order valence-electron chi connectivity index (χ0n) is 13.0. The van der Waals surface area contributed by atoms with Crippen LogP contribution in [-0.2, 0) is 12.6 Å². The highest BCUT2D eigenvalue weighted by Crippen LogP contribution is 2.29. The number of benzene rings is 2. The molecule has 0 radical (unpaired) electrons. The van der Waals surface area contributed by atoms with Crippen molar-refractivity contribution in [2.75, 3.05) is 19.0 Å². The van der Waals surface area contributed by atoms with Crippen LogP contribution >= 0.6 is 12.2 Å². The van der Waals surface area contributed by atoms with Crippen LogP contribution in [-0.4, -0.2) is 18.8 Å².